The van der Waals surface area contributed by atoms with E-state index >= 15 is 0 Å². The molecular weight excluding hydrogens is 250 g/mol. The molecule has 106 valence electrons. The molecule has 2 fully saturated rings. The normalized spacial score (nSPS) is 26.8. The Labute approximate surface area is 116 Å². The lowest BCUT2D eigenvalue weighted by Gasteiger charge is -2.33. The lowest BCUT2D eigenvalue weighted by Crippen LogP contribution is -2.35. The predicted molar refractivity (Wildman–Crippen MR) is 74.3 cm³/mol. The highest BCUT2D eigenvalue weighted by Crippen LogP contribution is 2.41. The Hall–Kier alpha value is 0.170. The van der Waals surface area contributed by atoms with Crippen molar-refractivity contribution in [3.63, 3.8) is 0 Å². The number of hydrogen-bond acceptors (Lipinski definition) is 3. The van der Waals surface area contributed by atoms with Gasteiger partial charge in [-0.25, -0.2) is 0 Å². The van der Waals surface area contributed by atoms with E-state index in [1.807, 2.05) is 0 Å². The molecule has 0 radical (unpaired) electrons. The molecule has 0 aromatic rings. The van der Waals surface area contributed by atoms with Crippen molar-refractivity contribution in [2.24, 2.45) is 0 Å². The van der Waals surface area contributed by atoms with Crippen molar-refractivity contribution >= 4 is 11.6 Å². The lowest BCUT2D eigenvalue weighted by atomic mass is 9.83. The van der Waals surface area contributed by atoms with Gasteiger partial charge in [0.1, 0.15) is 0 Å². The number of halogens is 1. The molecular formula is C14H26ClNO2. The number of rotatable bonds is 7. The smallest absolute Gasteiger partial charge is 0.0708 e. The molecule has 1 unspecified atom stereocenters. The minimum absolute atomic E-state index is 0.250. The van der Waals surface area contributed by atoms with E-state index in [0.29, 0.717) is 18.6 Å². The largest absolute Gasteiger partial charge is 0.379 e. The molecule has 1 N–H and O–H groups in total. The van der Waals surface area contributed by atoms with Crippen LogP contribution in [0.5, 0.6) is 0 Å². The van der Waals surface area contributed by atoms with Crippen LogP contribution in [0.15, 0.2) is 0 Å². The monoisotopic (exact) mass is 275 g/mol. The molecule has 0 amide bonds. The lowest BCUT2D eigenvalue weighted by molar-refractivity contribution is -0.0625. The van der Waals surface area contributed by atoms with Gasteiger partial charge < -0.3 is 14.8 Å². The summed E-state index contributed by atoms with van der Waals surface area (Å²) in [6, 6.07) is 0. The van der Waals surface area contributed by atoms with Crippen LogP contribution < -0.4 is 5.32 Å². The molecule has 0 aromatic heterocycles. The third-order valence-electron chi connectivity index (χ3n) is 4.12. The second-order valence-corrected chi connectivity index (χ2v) is 5.91. The maximum Gasteiger partial charge on any atom is 0.0708 e. The Morgan fingerprint density at radius 3 is 2.78 bits per heavy atom. The van der Waals surface area contributed by atoms with Gasteiger partial charge in [0.2, 0.25) is 0 Å². The Kier molecular flexibility index (Phi) is 6.22. The first-order valence-electron chi connectivity index (χ1n) is 7.37. The van der Waals surface area contributed by atoms with Gasteiger partial charge in [-0.1, -0.05) is 19.3 Å². The summed E-state index contributed by atoms with van der Waals surface area (Å²) in [5.74, 6) is 0.578. The summed E-state index contributed by atoms with van der Waals surface area (Å²) < 4.78 is 11.6. The summed E-state index contributed by atoms with van der Waals surface area (Å²) in [5, 5.41) is 3.42. The van der Waals surface area contributed by atoms with E-state index in [9.17, 15) is 0 Å². The van der Waals surface area contributed by atoms with Crippen molar-refractivity contribution in [3.8, 4) is 0 Å². The number of alkyl halides is 1. The van der Waals surface area contributed by atoms with Crippen molar-refractivity contribution < 1.29 is 9.47 Å². The molecule has 18 heavy (non-hydrogen) atoms. The molecule has 1 atom stereocenters. The fraction of sp³-hybridized carbons (Fsp3) is 1.00. The zero-order chi connectivity index (χ0) is 12.7. The SMILES string of the molecule is ClCCOCCNCC1CCC2(CCCCC2)O1. The van der Waals surface area contributed by atoms with Crippen LogP contribution in [0.1, 0.15) is 44.9 Å². The molecule has 2 aliphatic rings. The van der Waals surface area contributed by atoms with Gasteiger partial charge in [0.25, 0.3) is 0 Å². The summed E-state index contributed by atoms with van der Waals surface area (Å²) in [6.07, 6.45) is 9.56. The molecule has 1 heterocycles. The van der Waals surface area contributed by atoms with Gasteiger partial charge in [-0.15, -0.1) is 11.6 Å². The molecule has 3 nitrogen and oxygen atoms in total. The van der Waals surface area contributed by atoms with Crippen LogP contribution >= 0.6 is 11.6 Å². The summed E-state index contributed by atoms with van der Waals surface area (Å²) in [4.78, 5) is 0. The van der Waals surface area contributed by atoms with Crippen LogP contribution in [0, 0.1) is 0 Å². The third-order valence-corrected chi connectivity index (χ3v) is 4.27. The Morgan fingerprint density at radius 1 is 1.17 bits per heavy atom. The molecule has 0 bridgehead atoms. The van der Waals surface area contributed by atoms with E-state index < -0.39 is 0 Å². The van der Waals surface area contributed by atoms with Crippen molar-refractivity contribution in [3.05, 3.63) is 0 Å². The van der Waals surface area contributed by atoms with Gasteiger partial charge in [0, 0.05) is 19.0 Å². The van der Waals surface area contributed by atoms with E-state index in [4.69, 9.17) is 21.1 Å². The molecule has 1 spiro atoms. The van der Waals surface area contributed by atoms with Crippen molar-refractivity contribution in [1.82, 2.24) is 5.32 Å². The van der Waals surface area contributed by atoms with Crippen LogP contribution in [-0.2, 0) is 9.47 Å². The van der Waals surface area contributed by atoms with Crippen LogP contribution in [-0.4, -0.2) is 43.9 Å². The minimum atomic E-state index is 0.250. The summed E-state index contributed by atoms with van der Waals surface area (Å²) in [6.45, 7) is 3.24. The van der Waals surface area contributed by atoms with Gasteiger partial charge in [0.05, 0.1) is 24.9 Å². The van der Waals surface area contributed by atoms with Crippen molar-refractivity contribution in [2.75, 3.05) is 32.2 Å². The second-order valence-electron chi connectivity index (χ2n) is 5.53. The van der Waals surface area contributed by atoms with Gasteiger partial charge >= 0.3 is 0 Å². The first kappa shape index (κ1) is 14.6. The topological polar surface area (TPSA) is 30.5 Å². The van der Waals surface area contributed by atoms with Crippen molar-refractivity contribution in [2.45, 2.75) is 56.7 Å². The Bertz CT molecular complexity index is 232. The van der Waals surface area contributed by atoms with Gasteiger partial charge in [-0.05, 0) is 25.7 Å². The third kappa shape index (κ3) is 4.37. The molecule has 1 aliphatic heterocycles. The quantitative estimate of drug-likeness (QED) is 0.572. The standard InChI is InChI=1S/C14H26ClNO2/c15-8-10-17-11-9-16-12-13-4-7-14(18-13)5-2-1-3-6-14/h13,16H,1-12H2. The van der Waals surface area contributed by atoms with Crippen LogP contribution in [0.3, 0.4) is 0 Å². The summed E-state index contributed by atoms with van der Waals surface area (Å²) in [7, 11) is 0. The van der Waals surface area contributed by atoms with E-state index in [1.165, 1.54) is 44.9 Å². The highest BCUT2D eigenvalue weighted by atomic mass is 35.5. The molecule has 2 rings (SSSR count). The summed E-state index contributed by atoms with van der Waals surface area (Å²) >= 11 is 5.54. The molecule has 1 aliphatic carbocycles. The highest BCUT2D eigenvalue weighted by Gasteiger charge is 2.40. The highest BCUT2D eigenvalue weighted by molar-refractivity contribution is 6.17. The maximum absolute atomic E-state index is 6.29. The van der Waals surface area contributed by atoms with E-state index in [0.717, 1.165) is 19.7 Å². The van der Waals surface area contributed by atoms with Crippen LogP contribution in [0.2, 0.25) is 0 Å². The first-order valence-corrected chi connectivity index (χ1v) is 7.90. The van der Waals surface area contributed by atoms with Gasteiger partial charge in [-0.3, -0.25) is 0 Å². The second kappa shape index (κ2) is 7.68. The maximum atomic E-state index is 6.29. The molecule has 1 saturated carbocycles. The van der Waals surface area contributed by atoms with E-state index in [2.05, 4.69) is 5.32 Å². The van der Waals surface area contributed by atoms with Crippen molar-refractivity contribution in [1.29, 1.82) is 0 Å². The summed E-state index contributed by atoms with van der Waals surface area (Å²) in [5.41, 5.74) is 0.250. The average Bonchev–Trinajstić information content (AvgIpc) is 2.78. The molecule has 4 heteroatoms. The first-order chi connectivity index (χ1) is 8.85. The molecule has 1 saturated heterocycles. The van der Waals surface area contributed by atoms with Gasteiger partial charge in [0.15, 0.2) is 0 Å². The van der Waals surface area contributed by atoms with Crippen LogP contribution in [0.25, 0.3) is 0 Å². The predicted octanol–water partition coefficient (Wildman–Crippen LogP) is 2.71. The Morgan fingerprint density at radius 2 is 2.00 bits per heavy atom. The minimum Gasteiger partial charge on any atom is -0.379 e. The molecule has 0 aromatic carbocycles. The number of nitrogens with one attached hydrogen (secondary N) is 1. The average molecular weight is 276 g/mol. The van der Waals surface area contributed by atoms with Gasteiger partial charge in [-0.2, -0.15) is 0 Å². The van der Waals surface area contributed by atoms with E-state index in [1.54, 1.807) is 0 Å². The zero-order valence-corrected chi connectivity index (χ0v) is 12.0. The zero-order valence-electron chi connectivity index (χ0n) is 11.3. The fourth-order valence-corrected chi connectivity index (χ4v) is 3.28. The van der Waals surface area contributed by atoms with Crippen LogP contribution in [0.4, 0.5) is 0 Å². The Balaban J connectivity index is 1.55. The van der Waals surface area contributed by atoms with E-state index in [-0.39, 0.29) is 5.60 Å². The number of hydrogen-bond donors (Lipinski definition) is 1. The fourth-order valence-electron chi connectivity index (χ4n) is 3.17. The number of ether oxygens (including phenoxy) is 2.